The van der Waals surface area contributed by atoms with Gasteiger partial charge in [0.25, 0.3) is 0 Å². The van der Waals surface area contributed by atoms with Crippen molar-refractivity contribution in [3.8, 4) is 0 Å². The number of thiophene rings is 1. The molecule has 1 saturated heterocycles. The zero-order chi connectivity index (χ0) is 15.5. The molecule has 1 aromatic rings. The van der Waals surface area contributed by atoms with Gasteiger partial charge in [-0.1, -0.05) is 6.92 Å². The summed E-state index contributed by atoms with van der Waals surface area (Å²) in [6, 6.07) is 0.330. The number of aryl methyl sites for hydroxylation is 1. The molecule has 1 atom stereocenters. The first kappa shape index (κ1) is 16.9. The predicted molar refractivity (Wildman–Crippen MR) is 87.3 cm³/mol. The molecule has 0 saturated carbocycles. The van der Waals surface area contributed by atoms with Gasteiger partial charge in [0.15, 0.2) is 0 Å². The van der Waals surface area contributed by atoms with E-state index in [0.717, 1.165) is 36.4 Å². The second-order valence-electron chi connectivity index (χ2n) is 5.48. The van der Waals surface area contributed by atoms with Crippen molar-refractivity contribution in [3.05, 3.63) is 15.8 Å². The Kier molecular flexibility index (Phi) is 5.79. The van der Waals surface area contributed by atoms with Crippen molar-refractivity contribution in [1.82, 2.24) is 14.9 Å². The van der Waals surface area contributed by atoms with Crippen LogP contribution in [0.4, 0.5) is 0 Å². The van der Waals surface area contributed by atoms with Gasteiger partial charge in [-0.15, -0.1) is 11.3 Å². The zero-order valence-electron chi connectivity index (χ0n) is 13.0. The molecule has 0 amide bonds. The lowest BCUT2D eigenvalue weighted by molar-refractivity contribution is 0.268. The van der Waals surface area contributed by atoms with Gasteiger partial charge >= 0.3 is 0 Å². The summed E-state index contributed by atoms with van der Waals surface area (Å²) in [4.78, 5) is 3.68. The minimum Gasteiger partial charge on any atom is -0.315 e. The van der Waals surface area contributed by atoms with Gasteiger partial charge in [0.2, 0.25) is 10.0 Å². The van der Waals surface area contributed by atoms with Crippen molar-refractivity contribution in [1.29, 1.82) is 0 Å². The number of sulfonamides is 1. The van der Waals surface area contributed by atoms with E-state index in [9.17, 15) is 8.42 Å². The number of nitrogens with one attached hydrogen (secondary N) is 2. The molecule has 120 valence electrons. The number of hydrogen-bond donors (Lipinski definition) is 2. The minimum absolute atomic E-state index is 0.330. The van der Waals surface area contributed by atoms with Crippen molar-refractivity contribution < 1.29 is 8.42 Å². The molecule has 1 fully saturated rings. The van der Waals surface area contributed by atoms with Crippen LogP contribution in [0.5, 0.6) is 0 Å². The smallest absolute Gasteiger partial charge is 0.242 e. The van der Waals surface area contributed by atoms with Crippen LogP contribution in [0.1, 0.15) is 30.2 Å². The molecule has 1 unspecified atom stereocenters. The van der Waals surface area contributed by atoms with E-state index in [-0.39, 0.29) is 0 Å². The standard InChI is InChI=1S/C14H25N3O2S2/c1-4-17-7-5-6-12(17)8-16-21(18,19)14-11(2)10-20-13(14)9-15-3/h10,12,15-16H,4-9H2,1-3H3. The highest BCUT2D eigenvalue weighted by Crippen LogP contribution is 2.27. The molecular weight excluding hydrogens is 306 g/mol. The maximum absolute atomic E-state index is 12.6. The molecule has 0 spiro atoms. The van der Waals surface area contributed by atoms with E-state index in [1.807, 2.05) is 19.4 Å². The number of rotatable bonds is 7. The first-order valence-corrected chi connectivity index (χ1v) is 9.81. The van der Waals surface area contributed by atoms with E-state index in [1.54, 1.807) is 0 Å². The predicted octanol–water partition coefficient (Wildman–Crippen LogP) is 1.54. The van der Waals surface area contributed by atoms with Crippen molar-refractivity contribution >= 4 is 21.4 Å². The Morgan fingerprint density at radius 3 is 2.90 bits per heavy atom. The normalized spacial score (nSPS) is 20.2. The van der Waals surface area contributed by atoms with Crippen LogP contribution < -0.4 is 10.0 Å². The molecule has 7 heteroatoms. The summed E-state index contributed by atoms with van der Waals surface area (Å²) in [5.74, 6) is 0. The topological polar surface area (TPSA) is 61.4 Å². The largest absolute Gasteiger partial charge is 0.315 e. The van der Waals surface area contributed by atoms with E-state index >= 15 is 0 Å². The fourth-order valence-corrected chi connectivity index (χ4v) is 5.84. The lowest BCUT2D eigenvalue weighted by Gasteiger charge is -2.23. The molecule has 2 heterocycles. The zero-order valence-corrected chi connectivity index (χ0v) is 14.6. The summed E-state index contributed by atoms with van der Waals surface area (Å²) in [5, 5.41) is 4.95. The highest BCUT2D eigenvalue weighted by molar-refractivity contribution is 7.89. The Morgan fingerprint density at radius 1 is 1.48 bits per heavy atom. The maximum Gasteiger partial charge on any atom is 0.242 e. The molecule has 2 rings (SSSR count). The van der Waals surface area contributed by atoms with E-state index < -0.39 is 10.0 Å². The van der Waals surface area contributed by atoms with Gasteiger partial charge in [0.05, 0.1) is 0 Å². The molecule has 5 nitrogen and oxygen atoms in total. The Bertz CT molecular complexity index is 569. The van der Waals surface area contributed by atoms with Gasteiger partial charge in [-0.05, 0) is 50.8 Å². The number of nitrogens with zero attached hydrogens (tertiary/aromatic N) is 1. The van der Waals surface area contributed by atoms with Gasteiger partial charge in [0.1, 0.15) is 4.90 Å². The van der Waals surface area contributed by atoms with E-state index in [1.165, 1.54) is 11.3 Å². The van der Waals surface area contributed by atoms with Crippen LogP contribution in [0.2, 0.25) is 0 Å². The first-order valence-electron chi connectivity index (χ1n) is 7.45. The van der Waals surface area contributed by atoms with Crippen molar-refractivity contribution in [2.45, 2.75) is 44.2 Å². The van der Waals surface area contributed by atoms with Crippen molar-refractivity contribution in [3.63, 3.8) is 0 Å². The molecular formula is C14H25N3O2S2. The third kappa shape index (κ3) is 3.84. The monoisotopic (exact) mass is 331 g/mol. The molecule has 0 bridgehead atoms. The fraction of sp³-hybridized carbons (Fsp3) is 0.714. The van der Waals surface area contributed by atoms with Gasteiger partial charge in [0, 0.05) is 24.0 Å². The minimum atomic E-state index is -3.43. The molecule has 0 radical (unpaired) electrons. The van der Waals surface area contributed by atoms with Gasteiger partial charge in [-0.3, -0.25) is 4.90 Å². The summed E-state index contributed by atoms with van der Waals surface area (Å²) >= 11 is 1.50. The van der Waals surface area contributed by atoms with Gasteiger partial charge in [-0.2, -0.15) is 0 Å². The molecule has 0 aliphatic carbocycles. The summed E-state index contributed by atoms with van der Waals surface area (Å²) in [7, 11) is -1.60. The van der Waals surface area contributed by atoms with Crippen LogP contribution in [0.3, 0.4) is 0 Å². The Balaban J connectivity index is 2.10. The van der Waals surface area contributed by atoms with E-state index in [2.05, 4.69) is 21.9 Å². The van der Waals surface area contributed by atoms with Crippen LogP contribution in [0.25, 0.3) is 0 Å². The van der Waals surface area contributed by atoms with Crippen molar-refractivity contribution in [2.24, 2.45) is 0 Å². The Labute approximate surface area is 131 Å². The lowest BCUT2D eigenvalue weighted by Crippen LogP contribution is -2.40. The molecule has 1 aromatic heterocycles. The van der Waals surface area contributed by atoms with Crippen LogP contribution in [-0.2, 0) is 16.6 Å². The van der Waals surface area contributed by atoms with Crippen LogP contribution in [0.15, 0.2) is 10.3 Å². The molecule has 1 aliphatic heterocycles. The Morgan fingerprint density at radius 2 is 2.24 bits per heavy atom. The quantitative estimate of drug-likeness (QED) is 0.796. The summed E-state index contributed by atoms with van der Waals surface area (Å²) < 4.78 is 28.0. The first-order chi connectivity index (χ1) is 9.99. The number of likely N-dealkylation sites (tertiary alicyclic amines) is 1. The summed E-state index contributed by atoms with van der Waals surface area (Å²) in [6.07, 6.45) is 2.23. The average molecular weight is 332 g/mol. The van der Waals surface area contributed by atoms with E-state index in [4.69, 9.17) is 0 Å². The van der Waals surface area contributed by atoms with Crippen LogP contribution >= 0.6 is 11.3 Å². The van der Waals surface area contributed by atoms with Crippen molar-refractivity contribution in [2.75, 3.05) is 26.7 Å². The highest BCUT2D eigenvalue weighted by Gasteiger charge is 2.27. The second kappa shape index (κ2) is 7.19. The summed E-state index contributed by atoms with van der Waals surface area (Å²) in [5.41, 5.74) is 0.830. The number of likely N-dealkylation sites (N-methyl/N-ethyl adjacent to an activating group) is 1. The Hall–Kier alpha value is -0.470. The van der Waals surface area contributed by atoms with Gasteiger partial charge < -0.3 is 5.32 Å². The van der Waals surface area contributed by atoms with E-state index in [0.29, 0.717) is 24.0 Å². The van der Waals surface area contributed by atoms with Crippen LogP contribution in [-0.4, -0.2) is 46.0 Å². The lowest BCUT2D eigenvalue weighted by atomic mass is 10.2. The summed E-state index contributed by atoms with van der Waals surface area (Å²) in [6.45, 7) is 7.13. The second-order valence-corrected chi connectivity index (χ2v) is 8.15. The maximum atomic E-state index is 12.6. The number of hydrogen-bond acceptors (Lipinski definition) is 5. The third-order valence-corrected chi connectivity index (χ3v) is 6.90. The molecule has 2 N–H and O–H groups in total. The van der Waals surface area contributed by atoms with Gasteiger partial charge in [-0.25, -0.2) is 13.1 Å². The highest BCUT2D eigenvalue weighted by atomic mass is 32.2. The van der Waals surface area contributed by atoms with Crippen LogP contribution in [0, 0.1) is 6.92 Å². The SMILES string of the molecule is CCN1CCCC1CNS(=O)(=O)c1c(C)csc1CNC. The molecule has 1 aliphatic rings. The molecule has 0 aromatic carbocycles. The molecule has 21 heavy (non-hydrogen) atoms. The third-order valence-electron chi connectivity index (χ3n) is 4.01. The average Bonchev–Trinajstić information content (AvgIpc) is 3.03. The fourth-order valence-electron chi connectivity index (χ4n) is 2.95.